The van der Waals surface area contributed by atoms with Crippen molar-refractivity contribution in [1.29, 1.82) is 0 Å². The minimum absolute atomic E-state index is 0.282. The molecule has 0 radical (unpaired) electrons. The lowest BCUT2D eigenvalue weighted by molar-refractivity contribution is 0.142. The van der Waals surface area contributed by atoms with Gasteiger partial charge in [-0.3, -0.25) is 0 Å². The summed E-state index contributed by atoms with van der Waals surface area (Å²) >= 11 is 0. The molecule has 0 N–H and O–H groups in total. The van der Waals surface area contributed by atoms with Gasteiger partial charge in [0.1, 0.15) is 6.61 Å². The minimum Gasteiger partial charge on any atom is -0.444 e. The van der Waals surface area contributed by atoms with Crippen LogP contribution in [0.5, 0.6) is 0 Å². The molecule has 0 saturated carbocycles. The summed E-state index contributed by atoms with van der Waals surface area (Å²) < 4.78 is 7.09. The third-order valence-electron chi connectivity index (χ3n) is 3.81. The monoisotopic (exact) mass is 279 g/mol. The molecule has 106 valence electrons. The standard InChI is InChI=1S/C18H17NO2/c1-13-14(2)19(17-11-7-6-10-16(13)17)18(20)21-12-15-8-4-3-5-9-15/h3-11H,12H2,1-2H3. The highest BCUT2D eigenvalue weighted by Gasteiger charge is 2.16. The maximum atomic E-state index is 12.4. The Morgan fingerprint density at radius 2 is 1.67 bits per heavy atom. The molecule has 21 heavy (non-hydrogen) atoms. The van der Waals surface area contributed by atoms with Gasteiger partial charge in [-0.05, 0) is 31.0 Å². The topological polar surface area (TPSA) is 31.2 Å². The summed E-state index contributed by atoms with van der Waals surface area (Å²) in [6.07, 6.45) is -0.333. The number of hydrogen-bond acceptors (Lipinski definition) is 2. The molecule has 0 amide bonds. The third kappa shape index (κ3) is 2.42. The predicted molar refractivity (Wildman–Crippen MR) is 83.4 cm³/mol. The molecule has 0 aliphatic heterocycles. The van der Waals surface area contributed by atoms with Gasteiger partial charge >= 0.3 is 6.09 Å². The zero-order valence-corrected chi connectivity index (χ0v) is 12.2. The zero-order chi connectivity index (χ0) is 14.8. The smallest absolute Gasteiger partial charge is 0.419 e. The molecule has 1 heterocycles. The van der Waals surface area contributed by atoms with E-state index in [1.807, 2.05) is 68.4 Å². The summed E-state index contributed by atoms with van der Waals surface area (Å²) in [6.45, 7) is 4.25. The van der Waals surface area contributed by atoms with Crippen molar-refractivity contribution in [1.82, 2.24) is 4.57 Å². The summed E-state index contributed by atoms with van der Waals surface area (Å²) in [7, 11) is 0. The lowest BCUT2D eigenvalue weighted by atomic mass is 10.2. The van der Waals surface area contributed by atoms with E-state index in [2.05, 4.69) is 0 Å². The number of fused-ring (bicyclic) bond motifs is 1. The fourth-order valence-corrected chi connectivity index (χ4v) is 2.55. The number of rotatable bonds is 2. The van der Waals surface area contributed by atoms with Crippen molar-refractivity contribution in [3.8, 4) is 0 Å². The average molecular weight is 279 g/mol. The first-order valence-electron chi connectivity index (χ1n) is 6.96. The van der Waals surface area contributed by atoms with Crippen LogP contribution in [0, 0.1) is 13.8 Å². The van der Waals surface area contributed by atoms with Crippen molar-refractivity contribution in [3.63, 3.8) is 0 Å². The van der Waals surface area contributed by atoms with Crippen molar-refractivity contribution < 1.29 is 9.53 Å². The van der Waals surface area contributed by atoms with Crippen LogP contribution in [0.25, 0.3) is 10.9 Å². The number of hydrogen-bond donors (Lipinski definition) is 0. The zero-order valence-electron chi connectivity index (χ0n) is 12.2. The summed E-state index contributed by atoms with van der Waals surface area (Å²) in [5.41, 5.74) is 3.92. The summed E-state index contributed by atoms with van der Waals surface area (Å²) in [4.78, 5) is 12.4. The number of aryl methyl sites for hydroxylation is 1. The molecule has 3 nitrogen and oxygen atoms in total. The molecule has 0 fully saturated rings. The molecule has 0 saturated heterocycles. The van der Waals surface area contributed by atoms with E-state index >= 15 is 0 Å². The van der Waals surface area contributed by atoms with Gasteiger partial charge in [0.2, 0.25) is 0 Å². The Kier molecular flexibility index (Phi) is 3.48. The Hall–Kier alpha value is -2.55. The van der Waals surface area contributed by atoms with Crippen LogP contribution in [-0.4, -0.2) is 10.7 Å². The van der Waals surface area contributed by atoms with Crippen LogP contribution >= 0.6 is 0 Å². The molecule has 2 aromatic carbocycles. The van der Waals surface area contributed by atoms with Crippen LogP contribution in [0.1, 0.15) is 16.8 Å². The SMILES string of the molecule is Cc1c(C)n(C(=O)OCc2ccccc2)c2ccccc12. The number of carbonyl (C=O) groups is 1. The number of benzene rings is 2. The van der Waals surface area contributed by atoms with Gasteiger partial charge in [0.25, 0.3) is 0 Å². The van der Waals surface area contributed by atoms with Crippen LogP contribution < -0.4 is 0 Å². The average Bonchev–Trinajstić information content (AvgIpc) is 2.78. The fourth-order valence-electron chi connectivity index (χ4n) is 2.55. The molecule has 3 rings (SSSR count). The number of aromatic nitrogens is 1. The Morgan fingerprint density at radius 3 is 2.43 bits per heavy atom. The summed E-state index contributed by atoms with van der Waals surface area (Å²) in [5.74, 6) is 0. The second kappa shape index (κ2) is 5.44. The van der Waals surface area contributed by atoms with E-state index in [-0.39, 0.29) is 12.7 Å². The third-order valence-corrected chi connectivity index (χ3v) is 3.81. The minimum atomic E-state index is -0.333. The number of nitrogens with zero attached hydrogens (tertiary/aromatic N) is 1. The quantitative estimate of drug-likeness (QED) is 0.694. The maximum absolute atomic E-state index is 12.4. The van der Waals surface area contributed by atoms with E-state index in [1.54, 1.807) is 4.57 Å². The molecule has 0 spiro atoms. The van der Waals surface area contributed by atoms with E-state index in [9.17, 15) is 4.79 Å². The van der Waals surface area contributed by atoms with Gasteiger partial charge in [-0.1, -0.05) is 48.5 Å². The van der Waals surface area contributed by atoms with Gasteiger partial charge in [-0.15, -0.1) is 0 Å². The predicted octanol–water partition coefficient (Wildman–Crippen LogP) is 4.44. The van der Waals surface area contributed by atoms with Crippen LogP contribution in [0.3, 0.4) is 0 Å². The largest absolute Gasteiger partial charge is 0.444 e. The second-order valence-corrected chi connectivity index (χ2v) is 5.10. The van der Waals surface area contributed by atoms with Crippen molar-refractivity contribution in [2.75, 3.05) is 0 Å². The Labute approximate surface area is 123 Å². The molecule has 0 bridgehead atoms. The Balaban J connectivity index is 1.90. The van der Waals surface area contributed by atoms with Crippen molar-refractivity contribution in [2.45, 2.75) is 20.5 Å². The highest BCUT2D eigenvalue weighted by molar-refractivity contribution is 5.93. The summed E-state index contributed by atoms with van der Waals surface area (Å²) in [5, 5.41) is 1.09. The van der Waals surface area contributed by atoms with Crippen molar-refractivity contribution in [2.24, 2.45) is 0 Å². The first-order chi connectivity index (χ1) is 10.2. The van der Waals surface area contributed by atoms with Gasteiger partial charge in [-0.2, -0.15) is 0 Å². The van der Waals surface area contributed by atoms with Gasteiger partial charge < -0.3 is 4.74 Å². The first kappa shape index (κ1) is 13.4. The molecule has 0 aliphatic rings. The maximum Gasteiger partial charge on any atom is 0.419 e. The first-order valence-corrected chi connectivity index (χ1v) is 6.96. The normalized spacial score (nSPS) is 10.8. The lowest BCUT2D eigenvalue weighted by Crippen LogP contribution is -2.15. The molecule has 0 aliphatic carbocycles. The van der Waals surface area contributed by atoms with E-state index in [0.29, 0.717) is 0 Å². The van der Waals surface area contributed by atoms with Gasteiger partial charge in [0.15, 0.2) is 0 Å². The van der Waals surface area contributed by atoms with Crippen LogP contribution in [0.2, 0.25) is 0 Å². The van der Waals surface area contributed by atoms with Crippen LogP contribution in [0.4, 0.5) is 4.79 Å². The number of para-hydroxylation sites is 1. The summed E-state index contributed by atoms with van der Waals surface area (Å²) in [6, 6.07) is 17.6. The number of ether oxygens (including phenoxy) is 1. The number of carbonyl (C=O) groups excluding carboxylic acids is 1. The molecule has 3 aromatic rings. The fraction of sp³-hybridized carbons (Fsp3) is 0.167. The molecule has 3 heteroatoms. The molecule has 0 unspecified atom stereocenters. The van der Waals surface area contributed by atoms with Gasteiger partial charge in [-0.25, -0.2) is 9.36 Å². The Bertz CT molecular complexity index is 788. The van der Waals surface area contributed by atoms with E-state index in [4.69, 9.17) is 4.74 Å². The molecule has 1 aromatic heterocycles. The van der Waals surface area contributed by atoms with Gasteiger partial charge in [0, 0.05) is 11.1 Å². The second-order valence-electron chi connectivity index (χ2n) is 5.10. The van der Waals surface area contributed by atoms with Crippen LogP contribution in [-0.2, 0) is 11.3 Å². The van der Waals surface area contributed by atoms with Gasteiger partial charge in [0.05, 0.1) is 5.52 Å². The molecular weight excluding hydrogens is 262 g/mol. The van der Waals surface area contributed by atoms with E-state index in [0.717, 1.165) is 27.7 Å². The highest BCUT2D eigenvalue weighted by Crippen LogP contribution is 2.25. The van der Waals surface area contributed by atoms with Crippen molar-refractivity contribution in [3.05, 3.63) is 71.4 Å². The van der Waals surface area contributed by atoms with E-state index < -0.39 is 0 Å². The molecule has 0 atom stereocenters. The lowest BCUT2D eigenvalue weighted by Gasteiger charge is -2.08. The Morgan fingerprint density at radius 1 is 1.00 bits per heavy atom. The van der Waals surface area contributed by atoms with E-state index in [1.165, 1.54) is 0 Å². The van der Waals surface area contributed by atoms with Crippen LogP contribution in [0.15, 0.2) is 54.6 Å². The highest BCUT2D eigenvalue weighted by atomic mass is 16.5. The van der Waals surface area contributed by atoms with Crippen molar-refractivity contribution >= 4 is 17.0 Å². The molecular formula is C18H17NO2.